The Bertz CT molecular complexity index is 933. The van der Waals surface area contributed by atoms with E-state index in [-0.39, 0.29) is 30.9 Å². The second-order valence-electron chi connectivity index (χ2n) is 7.04. The Labute approximate surface area is 176 Å². The third kappa shape index (κ3) is 5.40. The molecule has 31 heavy (non-hydrogen) atoms. The van der Waals surface area contributed by atoms with Gasteiger partial charge in [0.2, 0.25) is 5.95 Å². The van der Waals surface area contributed by atoms with Gasteiger partial charge in [0.1, 0.15) is 5.56 Å². The normalized spacial score (nSPS) is 15.0. The van der Waals surface area contributed by atoms with E-state index in [0.29, 0.717) is 37.7 Å². The highest BCUT2D eigenvalue weighted by Gasteiger charge is 2.39. The van der Waals surface area contributed by atoms with Gasteiger partial charge in [0, 0.05) is 18.8 Å². The molecule has 168 valence electrons. The lowest BCUT2D eigenvalue weighted by Gasteiger charge is -2.35. The summed E-state index contributed by atoms with van der Waals surface area (Å²) in [4.78, 5) is 20.4. The van der Waals surface area contributed by atoms with E-state index < -0.39 is 29.2 Å². The monoisotopic (exact) mass is 442 g/mol. The Morgan fingerprint density at radius 1 is 1.32 bits per heavy atom. The topological polar surface area (TPSA) is 87.6 Å². The number of aromatic nitrogens is 2. The van der Waals surface area contributed by atoms with Gasteiger partial charge in [-0.1, -0.05) is 6.07 Å². The Hall–Kier alpha value is -2.95. The van der Waals surface area contributed by atoms with Crippen LogP contribution in [0.25, 0.3) is 0 Å². The number of nitrogens with one attached hydrogen (secondary N) is 1. The maximum Gasteiger partial charge on any atom is 0.434 e. The molecular formula is C20H22F4N4O3. The molecule has 3 rings (SSSR count). The molecule has 1 fully saturated rings. The highest BCUT2D eigenvalue weighted by molar-refractivity contribution is 5.88. The molecule has 0 atom stereocenters. The summed E-state index contributed by atoms with van der Waals surface area (Å²) >= 11 is 0. The third-order valence-electron chi connectivity index (χ3n) is 4.93. The molecule has 0 spiro atoms. The Morgan fingerprint density at radius 2 is 2.03 bits per heavy atom. The van der Waals surface area contributed by atoms with Crippen molar-refractivity contribution in [3.8, 4) is 5.75 Å². The number of ether oxygens (including phenoxy) is 1. The van der Waals surface area contributed by atoms with Crippen molar-refractivity contribution >= 4 is 11.9 Å². The number of carbonyl (C=O) groups is 1. The number of anilines is 1. The molecule has 0 radical (unpaired) electrons. The molecule has 2 heterocycles. The van der Waals surface area contributed by atoms with Gasteiger partial charge < -0.3 is 20.1 Å². The van der Waals surface area contributed by atoms with Crippen LogP contribution >= 0.6 is 0 Å². The van der Waals surface area contributed by atoms with E-state index in [2.05, 4.69) is 15.3 Å². The third-order valence-corrected chi connectivity index (χ3v) is 4.93. The average molecular weight is 442 g/mol. The Kier molecular flexibility index (Phi) is 6.94. The standard InChI is InChI=1S/C20H22F4N4O3/c1-2-31-16-9-12(3-4-15(16)21)11-28(13-5-7-25-8-6-13)19-26-10-14(18(29)30)17(27-19)20(22,23)24/h3-4,9-10,13,25H,2,5-8,11H2,1H3,(H,29,30). The minimum atomic E-state index is -4.96. The first-order valence-electron chi connectivity index (χ1n) is 9.76. The number of alkyl halides is 3. The fourth-order valence-electron chi connectivity index (χ4n) is 3.47. The summed E-state index contributed by atoms with van der Waals surface area (Å²) in [5.41, 5.74) is -1.91. The number of rotatable bonds is 7. The lowest BCUT2D eigenvalue weighted by molar-refractivity contribution is -0.141. The van der Waals surface area contributed by atoms with Crippen LogP contribution in [0.5, 0.6) is 5.75 Å². The van der Waals surface area contributed by atoms with Crippen molar-refractivity contribution in [2.75, 3.05) is 24.6 Å². The molecule has 11 heteroatoms. The van der Waals surface area contributed by atoms with Gasteiger partial charge in [-0.3, -0.25) is 0 Å². The predicted octanol–water partition coefficient (Wildman–Crippen LogP) is 3.49. The molecular weight excluding hydrogens is 420 g/mol. The molecule has 0 bridgehead atoms. The molecule has 7 nitrogen and oxygen atoms in total. The molecule has 2 aromatic rings. The minimum Gasteiger partial charge on any atom is -0.491 e. The predicted molar refractivity (Wildman–Crippen MR) is 104 cm³/mol. The van der Waals surface area contributed by atoms with E-state index in [0.717, 1.165) is 0 Å². The van der Waals surface area contributed by atoms with Crippen molar-refractivity contribution in [1.29, 1.82) is 0 Å². The van der Waals surface area contributed by atoms with E-state index in [4.69, 9.17) is 9.84 Å². The van der Waals surface area contributed by atoms with E-state index in [9.17, 15) is 22.4 Å². The number of hydrogen-bond donors (Lipinski definition) is 2. The molecule has 1 aromatic heterocycles. The summed E-state index contributed by atoms with van der Waals surface area (Å²) in [6.07, 6.45) is -3.02. The lowest BCUT2D eigenvalue weighted by Crippen LogP contribution is -2.44. The number of hydrogen-bond acceptors (Lipinski definition) is 6. The Morgan fingerprint density at radius 3 is 2.65 bits per heavy atom. The van der Waals surface area contributed by atoms with Crippen LogP contribution in [0.3, 0.4) is 0 Å². The van der Waals surface area contributed by atoms with E-state index in [1.807, 2.05) is 0 Å². The van der Waals surface area contributed by atoms with Gasteiger partial charge in [-0.25, -0.2) is 19.2 Å². The molecule has 1 aliphatic heterocycles. The molecule has 1 aromatic carbocycles. The van der Waals surface area contributed by atoms with Crippen LogP contribution in [0, 0.1) is 5.82 Å². The van der Waals surface area contributed by atoms with Crippen LogP contribution in [-0.4, -0.2) is 46.8 Å². The molecule has 2 N–H and O–H groups in total. The second-order valence-corrected chi connectivity index (χ2v) is 7.04. The zero-order valence-electron chi connectivity index (χ0n) is 16.7. The summed E-state index contributed by atoms with van der Waals surface area (Å²) in [5.74, 6) is -2.48. The van der Waals surface area contributed by atoms with Gasteiger partial charge in [-0.05, 0) is 50.6 Å². The number of nitrogens with zero attached hydrogens (tertiary/aromatic N) is 3. The molecule has 0 amide bonds. The number of aromatic carboxylic acids is 1. The van der Waals surface area contributed by atoms with Gasteiger partial charge in [0.25, 0.3) is 0 Å². The van der Waals surface area contributed by atoms with Crippen molar-refractivity contribution in [1.82, 2.24) is 15.3 Å². The van der Waals surface area contributed by atoms with E-state index in [1.165, 1.54) is 18.2 Å². The van der Waals surface area contributed by atoms with Crippen LogP contribution in [0.1, 0.15) is 41.4 Å². The van der Waals surface area contributed by atoms with Crippen molar-refractivity contribution in [3.05, 3.63) is 47.0 Å². The van der Waals surface area contributed by atoms with Crippen LogP contribution in [0.4, 0.5) is 23.5 Å². The van der Waals surface area contributed by atoms with Gasteiger partial charge in [-0.2, -0.15) is 13.2 Å². The molecule has 0 aliphatic carbocycles. The van der Waals surface area contributed by atoms with E-state index >= 15 is 0 Å². The van der Waals surface area contributed by atoms with Crippen LogP contribution < -0.4 is 15.0 Å². The fraction of sp³-hybridized carbons (Fsp3) is 0.450. The number of halogens is 4. The summed E-state index contributed by atoms with van der Waals surface area (Å²) in [7, 11) is 0. The fourth-order valence-corrected chi connectivity index (χ4v) is 3.47. The van der Waals surface area contributed by atoms with Gasteiger partial charge >= 0.3 is 12.1 Å². The van der Waals surface area contributed by atoms with E-state index in [1.54, 1.807) is 11.8 Å². The van der Waals surface area contributed by atoms with Crippen molar-refractivity contribution < 1.29 is 32.2 Å². The van der Waals surface area contributed by atoms with Gasteiger partial charge in [-0.15, -0.1) is 0 Å². The number of piperidine rings is 1. The van der Waals surface area contributed by atoms with Crippen molar-refractivity contribution in [2.45, 2.75) is 38.5 Å². The second kappa shape index (κ2) is 9.46. The van der Waals surface area contributed by atoms with Gasteiger partial charge in [0.05, 0.1) is 6.61 Å². The smallest absolute Gasteiger partial charge is 0.434 e. The molecule has 0 saturated carbocycles. The Balaban J connectivity index is 2.02. The first-order chi connectivity index (χ1) is 14.7. The SMILES string of the molecule is CCOc1cc(CN(c2ncc(C(=O)O)c(C(F)(F)F)n2)C2CCNCC2)ccc1F. The summed E-state index contributed by atoms with van der Waals surface area (Å²) in [6.45, 7) is 3.40. The summed E-state index contributed by atoms with van der Waals surface area (Å²) < 4.78 is 59.6. The first-order valence-corrected chi connectivity index (χ1v) is 9.76. The molecule has 1 aliphatic rings. The first kappa shape index (κ1) is 22.7. The van der Waals surface area contributed by atoms with Crippen LogP contribution in [-0.2, 0) is 12.7 Å². The summed E-state index contributed by atoms with van der Waals surface area (Å²) in [6, 6.07) is 4.06. The lowest BCUT2D eigenvalue weighted by atomic mass is 10.0. The minimum absolute atomic E-state index is 0.0448. The molecule has 0 unspecified atom stereocenters. The number of benzene rings is 1. The average Bonchev–Trinajstić information content (AvgIpc) is 2.74. The zero-order valence-corrected chi connectivity index (χ0v) is 16.7. The molecule has 1 saturated heterocycles. The number of carboxylic acid groups (broad SMARTS) is 1. The quantitative estimate of drug-likeness (QED) is 0.635. The van der Waals surface area contributed by atoms with Crippen molar-refractivity contribution in [3.63, 3.8) is 0 Å². The maximum atomic E-state index is 13.9. The maximum absolute atomic E-state index is 13.9. The highest BCUT2D eigenvalue weighted by Crippen LogP contribution is 2.32. The van der Waals surface area contributed by atoms with Crippen LogP contribution in [0.15, 0.2) is 24.4 Å². The highest BCUT2D eigenvalue weighted by atomic mass is 19.4. The number of carboxylic acids is 1. The zero-order chi connectivity index (χ0) is 22.6. The van der Waals surface area contributed by atoms with Gasteiger partial charge in [0.15, 0.2) is 17.3 Å². The largest absolute Gasteiger partial charge is 0.491 e. The summed E-state index contributed by atoms with van der Waals surface area (Å²) in [5, 5.41) is 12.3. The van der Waals surface area contributed by atoms with Crippen molar-refractivity contribution in [2.24, 2.45) is 0 Å². The van der Waals surface area contributed by atoms with Crippen LogP contribution in [0.2, 0.25) is 0 Å².